The number of hydrogen-bond donors (Lipinski definition) is 1. The molecule has 9 heteroatoms. The SMILES string of the molecule is COc1ccc(C(CC(=O)[O-])Cc2csc(CCCc3ccc4c(n3)NCCC4)n2)cn1.Cl. The number of nitrogens with zero attached hydrogens (tertiary/aromatic N) is 3. The van der Waals surface area contributed by atoms with Crippen LogP contribution in [0, 0.1) is 0 Å². The van der Waals surface area contributed by atoms with Gasteiger partial charge in [0.25, 0.3) is 0 Å². The minimum Gasteiger partial charge on any atom is -0.550 e. The molecule has 7 nitrogen and oxygen atoms in total. The molecule has 1 aliphatic rings. The molecule has 4 heterocycles. The molecule has 0 aromatic carbocycles. The standard InChI is InChI=1S/C24H28N4O3S.ClH/c1-31-21-10-8-17(14-26-21)18(13-23(29)30)12-20-15-32-22(27-20)6-2-5-19-9-7-16-4-3-11-25-24(16)28-19;/h7-10,14-15,18H,2-6,11-13H2,1H3,(H,25,28)(H,29,30);1H/p-1. The van der Waals surface area contributed by atoms with Crippen molar-refractivity contribution in [2.75, 3.05) is 19.0 Å². The van der Waals surface area contributed by atoms with E-state index in [1.807, 2.05) is 11.4 Å². The van der Waals surface area contributed by atoms with Gasteiger partial charge in [0.2, 0.25) is 5.88 Å². The predicted molar refractivity (Wildman–Crippen MR) is 129 cm³/mol. The third-order valence-electron chi connectivity index (χ3n) is 5.68. The quantitative estimate of drug-likeness (QED) is 0.468. The Morgan fingerprint density at radius 2 is 2.09 bits per heavy atom. The van der Waals surface area contributed by atoms with Crippen LogP contribution in [-0.2, 0) is 30.5 Å². The van der Waals surface area contributed by atoms with Crippen LogP contribution in [0.15, 0.2) is 35.8 Å². The number of ether oxygens (including phenoxy) is 1. The van der Waals surface area contributed by atoms with Crippen molar-refractivity contribution in [3.05, 3.63) is 63.4 Å². The van der Waals surface area contributed by atoms with Crippen molar-refractivity contribution < 1.29 is 14.6 Å². The molecule has 0 radical (unpaired) electrons. The first-order chi connectivity index (χ1) is 15.6. The zero-order chi connectivity index (χ0) is 22.3. The number of methoxy groups -OCH3 is 1. The molecule has 1 aliphatic heterocycles. The van der Waals surface area contributed by atoms with E-state index < -0.39 is 5.97 Å². The molecule has 0 saturated heterocycles. The summed E-state index contributed by atoms with van der Waals surface area (Å²) in [5, 5.41) is 17.8. The van der Waals surface area contributed by atoms with Crippen molar-refractivity contribution in [1.29, 1.82) is 0 Å². The molecule has 0 bridgehead atoms. The summed E-state index contributed by atoms with van der Waals surface area (Å²) in [5.74, 6) is 0.229. The summed E-state index contributed by atoms with van der Waals surface area (Å²) < 4.78 is 5.09. The highest BCUT2D eigenvalue weighted by Gasteiger charge is 2.16. The van der Waals surface area contributed by atoms with Gasteiger partial charge in [0, 0.05) is 35.9 Å². The van der Waals surface area contributed by atoms with Gasteiger partial charge in [0.05, 0.1) is 17.8 Å². The Morgan fingerprint density at radius 3 is 2.85 bits per heavy atom. The lowest BCUT2D eigenvalue weighted by molar-refractivity contribution is -0.306. The molecule has 0 saturated carbocycles. The average Bonchev–Trinajstić information content (AvgIpc) is 3.25. The van der Waals surface area contributed by atoms with E-state index in [9.17, 15) is 9.90 Å². The number of thiazole rings is 1. The number of aryl methyl sites for hydroxylation is 3. The average molecular weight is 488 g/mol. The highest BCUT2D eigenvalue weighted by Crippen LogP contribution is 2.26. The van der Waals surface area contributed by atoms with E-state index in [1.54, 1.807) is 30.7 Å². The highest BCUT2D eigenvalue weighted by molar-refractivity contribution is 7.09. The van der Waals surface area contributed by atoms with Crippen molar-refractivity contribution in [3.63, 3.8) is 0 Å². The van der Waals surface area contributed by atoms with Gasteiger partial charge in [-0.15, -0.1) is 23.7 Å². The number of aliphatic carboxylic acids is 1. The molecular formula is C24H28ClN4O3S-. The smallest absolute Gasteiger partial charge is 0.212 e. The fourth-order valence-corrected chi connectivity index (χ4v) is 4.85. The summed E-state index contributed by atoms with van der Waals surface area (Å²) in [4.78, 5) is 25.0. The lowest BCUT2D eigenvalue weighted by atomic mass is 9.92. The van der Waals surface area contributed by atoms with Crippen molar-refractivity contribution in [2.45, 2.75) is 50.9 Å². The number of hydrogen-bond acceptors (Lipinski definition) is 8. The molecular weight excluding hydrogens is 460 g/mol. The Bertz CT molecular complexity index is 1060. The van der Waals surface area contributed by atoms with Crippen LogP contribution in [0.4, 0.5) is 5.82 Å². The number of nitrogens with one attached hydrogen (secondary N) is 1. The van der Waals surface area contributed by atoms with Crippen molar-refractivity contribution in [1.82, 2.24) is 15.0 Å². The highest BCUT2D eigenvalue weighted by atomic mass is 35.5. The first-order valence-electron chi connectivity index (χ1n) is 11.0. The van der Waals surface area contributed by atoms with E-state index in [0.29, 0.717) is 12.3 Å². The second-order valence-corrected chi connectivity index (χ2v) is 8.98. The Labute approximate surface area is 204 Å². The third kappa shape index (κ3) is 6.88. The number of carbonyl (C=O) groups excluding carboxylic acids is 1. The first-order valence-corrected chi connectivity index (χ1v) is 11.8. The number of rotatable bonds is 10. The van der Waals surface area contributed by atoms with E-state index >= 15 is 0 Å². The number of aromatic nitrogens is 3. The lowest BCUT2D eigenvalue weighted by Gasteiger charge is -2.17. The maximum atomic E-state index is 11.3. The van der Waals surface area contributed by atoms with Crippen LogP contribution in [0.3, 0.4) is 0 Å². The second kappa shape index (κ2) is 12.0. The van der Waals surface area contributed by atoms with Crippen LogP contribution in [0.2, 0.25) is 0 Å². The Hall–Kier alpha value is -2.71. The van der Waals surface area contributed by atoms with Gasteiger partial charge in [-0.1, -0.05) is 12.1 Å². The van der Waals surface area contributed by atoms with Crippen LogP contribution in [-0.4, -0.2) is 34.6 Å². The third-order valence-corrected chi connectivity index (χ3v) is 6.64. The fourth-order valence-electron chi connectivity index (χ4n) is 4.00. The van der Waals surface area contributed by atoms with Crippen LogP contribution >= 0.6 is 23.7 Å². The number of fused-ring (bicyclic) bond motifs is 1. The summed E-state index contributed by atoms with van der Waals surface area (Å²) in [6.45, 7) is 0.997. The minimum absolute atomic E-state index is 0. The molecule has 3 aromatic heterocycles. The van der Waals surface area contributed by atoms with Crippen molar-refractivity contribution >= 4 is 35.5 Å². The molecule has 1 unspecified atom stereocenters. The molecule has 3 aromatic rings. The maximum absolute atomic E-state index is 11.3. The molecule has 1 N–H and O–H groups in total. The van der Waals surface area contributed by atoms with Gasteiger partial charge in [-0.25, -0.2) is 15.0 Å². The van der Waals surface area contributed by atoms with E-state index in [2.05, 4.69) is 22.4 Å². The normalized spacial score (nSPS) is 13.4. The van der Waals surface area contributed by atoms with E-state index in [0.717, 1.165) is 60.0 Å². The fraction of sp³-hybridized carbons (Fsp3) is 0.417. The molecule has 0 spiro atoms. The summed E-state index contributed by atoms with van der Waals surface area (Å²) in [7, 11) is 1.55. The van der Waals surface area contributed by atoms with Gasteiger partial charge in [0.1, 0.15) is 5.82 Å². The molecule has 4 rings (SSSR count). The van der Waals surface area contributed by atoms with Crippen molar-refractivity contribution in [2.24, 2.45) is 0 Å². The van der Waals surface area contributed by atoms with E-state index in [1.165, 1.54) is 12.0 Å². The summed E-state index contributed by atoms with van der Waals surface area (Å²) in [6, 6.07) is 7.92. The van der Waals surface area contributed by atoms with Crippen LogP contribution in [0.1, 0.15) is 52.7 Å². The van der Waals surface area contributed by atoms with Gasteiger partial charge in [-0.3, -0.25) is 0 Å². The number of halogens is 1. The molecule has 0 aliphatic carbocycles. The van der Waals surface area contributed by atoms with Crippen molar-refractivity contribution in [3.8, 4) is 5.88 Å². The Morgan fingerprint density at radius 1 is 1.21 bits per heavy atom. The molecule has 0 fully saturated rings. The summed E-state index contributed by atoms with van der Waals surface area (Å²) in [6.07, 6.45) is 7.17. The Balaban J connectivity index is 0.00000306. The lowest BCUT2D eigenvalue weighted by Crippen LogP contribution is -2.25. The molecule has 1 atom stereocenters. The number of pyridine rings is 2. The van der Waals surface area contributed by atoms with Gasteiger partial charge >= 0.3 is 0 Å². The predicted octanol–water partition coefficient (Wildman–Crippen LogP) is 3.36. The van der Waals surface area contributed by atoms with Gasteiger partial charge in [-0.05, 0) is 68.1 Å². The minimum atomic E-state index is -1.08. The van der Waals surface area contributed by atoms with Gasteiger partial charge in [-0.2, -0.15) is 0 Å². The van der Waals surface area contributed by atoms with Crippen LogP contribution in [0.25, 0.3) is 0 Å². The second-order valence-electron chi connectivity index (χ2n) is 8.04. The molecule has 176 valence electrons. The maximum Gasteiger partial charge on any atom is 0.212 e. The number of carbonyl (C=O) groups is 1. The monoisotopic (exact) mass is 487 g/mol. The topological polar surface area (TPSA) is 100 Å². The largest absolute Gasteiger partial charge is 0.550 e. The Kier molecular flexibility index (Phi) is 9.03. The molecule has 33 heavy (non-hydrogen) atoms. The summed E-state index contributed by atoms with van der Waals surface area (Å²) in [5.41, 5.74) is 4.17. The molecule has 0 amide bonds. The van der Waals surface area contributed by atoms with Gasteiger partial charge < -0.3 is 20.0 Å². The van der Waals surface area contributed by atoms with Crippen LogP contribution in [0.5, 0.6) is 5.88 Å². The zero-order valence-corrected chi connectivity index (χ0v) is 20.2. The van der Waals surface area contributed by atoms with Gasteiger partial charge in [0.15, 0.2) is 0 Å². The number of carboxylic acid groups (broad SMARTS) is 1. The first kappa shape index (κ1) is 24.9. The van der Waals surface area contributed by atoms with E-state index in [4.69, 9.17) is 14.7 Å². The number of anilines is 1. The summed E-state index contributed by atoms with van der Waals surface area (Å²) >= 11 is 1.63. The van der Waals surface area contributed by atoms with Crippen LogP contribution < -0.4 is 15.2 Å². The van der Waals surface area contributed by atoms with E-state index in [-0.39, 0.29) is 24.7 Å². The zero-order valence-electron chi connectivity index (χ0n) is 18.6. The number of carboxylic acids is 1.